The van der Waals surface area contributed by atoms with E-state index in [1.54, 1.807) is 25.4 Å². The molecule has 1 fully saturated rings. The maximum absolute atomic E-state index is 12.7. The third-order valence-corrected chi connectivity index (χ3v) is 4.59. The standard InChI is InChI=1S/C19H22N2O3/c1-24-16-9-7-14(8-10-16)15-5-2-3-12-21(13-15)19(23)17-6-4-11-20-18(17)22/h4,6-11,15H,2-3,5,12-13H2,1H3,(H,20,22). The van der Waals surface area contributed by atoms with Crippen LogP contribution in [0.25, 0.3) is 0 Å². The Morgan fingerprint density at radius 2 is 2.00 bits per heavy atom. The van der Waals surface area contributed by atoms with Crippen molar-refractivity contribution in [3.05, 3.63) is 64.1 Å². The van der Waals surface area contributed by atoms with E-state index in [-0.39, 0.29) is 22.9 Å². The molecule has 5 heteroatoms. The van der Waals surface area contributed by atoms with Gasteiger partial charge < -0.3 is 14.6 Å². The highest BCUT2D eigenvalue weighted by atomic mass is 16.5. The number of rotatable bonds is 3. The summed E-state index contributed by atoms with van der Waals surface area (Å²) in [4.78, 5) is 29.0. The van der Waals surface area contributed by atoms with Crippen LogP contribution in [0, 0.1) is 0 Å². The second kappa shape index (κ2) is 7.34. The van der Waals surface area contributed by atoms with Crippen molar-refractivity contribution < 1.29 is 9.53 Å². The summed E-state index contributed by atoms with van der Waals surface area (Å²) in [5.41, 5.74) is 1.10. The molecule has 1 N–H and O–H groups in total. The van der Waals surface area contributed by atoms with Crippen LogP contribution in [0.2, 0.25) is 0 Å². The number of aromatic nitrogens is 1. The molecule has 1 aromatic heterocycles. The number of nitrogens with one attached hydrogen (secondary N) is 1. The number of hydrogen-bond acceptors (Lipinski definition) is 3. The third-order valence-electron chi connectivity index (χ3n) is 4.59. The Morgan fingerprint density at radius 3 is 2.71 bits per heavy atom. The van der Waals surface area contributed by atoms with Gasteiger partial charge in [-0.2, -0.15) is 0 Å². The summed E-state index contributed by atoms with van der Waals surface area (Å²) in [5, 5.41) is 0. The highest BCUT2D eigenvalue weighted by Crippen LogP contribution is 2.28. The average molecular weight is 326 g/mol. The topological polar surface area (TPSA) is 62.4 Å². The Hall–Kier alpha value is -2.56. The van der Waals surface area contributed by atoms with E-state index in [4.69, 9.17) is 4.74 Å². The summed E-state index contributed by atoms with van der Waals surface area (Å²) in [6, 6.07) is 11.3. The molecule has 5 nitrogen and oxygen atoms in total. The van der Waals surface area contributed by atoms with Crippen molar-refractivity contribution in [1.82, 2.24) is 9.88 Å². The fourth-order valence-corrected chi connectivity index (χ4v) is 3.23. The molecule has 0 bridgehead atoms. The quantitative estimate of drug-likeness (QED) is 0.943. The monoisotopic (exact) mass is 326 g/mol. The van der Waals surface area contributed by atoms with Crippen molar-refractivity contribution in [3.63, 3.8) is 0 Å². The zero-order chi connectivity index (χ0) is 16.9. The van der Waals surface area contributed by atoms with Gasteiger partial charge in [0.25, 0.3) is 11.5 Å². The lowest BCUT2D eigenvalue weighted by molar-refractivity contribution is 0.0752. The van der Waals surface area contributed by atoms with Gasteiger partial charge in [-0.3, -0.25) is 9.59 Å². The average Bonchev–Trinajstić information content (AvgIpc) is 2.88. The van der Waals surface area contributed by atoms with Crippen LogP contribution in [-0.2, 0) is 0 Å². The molecular formula is C19H22N2O3. The lowest BCUT2D eigenvalue weighted by Gasteiger charge is -2.24. The van der Waals surface area contributed by atoms with Crippen LogP contribution in [0.4, 0.5) is 0 Å². The highest BCUT2D eigenvalue weighted by molar-refractivity contribution is 5.93. The first-order valence-electron chi connectivity index (χ1n) is 8.30. The maximum atomic E-state index is 12.7. The summed E-state index contributed by atoms with van der Waals surface area (Å²) in [6.45, 7) is 1.33. The van der Waals surface area contributed by atoms with Crippen LogP contribution in [0.5, 0.6) is 5.75 Å². The van der Waals surface area contributed by atoms with Crippen molar-refractivity contribution in [3.8, 4) is 5.75 Å². The summed E-state index contributed by atoms with van der Waals surface area (Å²) in [6.07, 6.45) is 4.62. The number of ether oxygens (including phenoxy) is 1. The van der Waals surface area contributed by atoms with Crippen molar-refractivity contribution in [2.75, 3.05) is 20.2 Å². The Balaban J connectivity index is 1.80. The first-order chi connectivity index (χ1) is 11.7. The molecule has 1 unspecified atom stereocenters. The number of carbonyl (C=O) groups excluding carboxylic acids is 1. The fraction of sp³-hybridized carbons (Fsp3) is 0.368. The van der Waals surface area contributed by atoms with Crippen LogP contribution in [0.1, 0.15) is 41.1 Å². The number of carbonyl (C=O) groups is 1. The Morgan fingerprint density at radius 1 is 1.21 bits per heavy atom. The van der Waals surface area contributed by atoms with Crippen molar-refractivity contribution >= 4 is 5.91 Å². The highest BCUT2D eigenvalue weighted by Gasteiger charge is 2.25. The molecule has 2 aromatic rings. The van der Waals surface area contributed by atoms with E-state index in [0.717, 1.165) is 25.0 Å². The van der Waals surface area contributed by atoms with Crippen molar-refractivity contribution in [2.45, 2.75) is 25.2 Å². The van der Waals surface area contributed by atoms with E-state index in [2.05, 4.69) is 17.1 Å². The van der Waals surface area contributed by atoms with Gasteiger partial charge in [0.15, 0.2) is 0 Å². The van der Waals surface area contributed by atoms with Crippen LogP contribution in [0.3, 0.4) is 0 Å². The summed E-state index contributed by atoms with van der Waals surface area (Å²) >= 11 is 0. The largest absolute Gasteiger partial charge is 0.497 e. The number of nitrogens with zero attached hydrogens (tertiary/aromatic N) is 1. The number of benzene rings is 1. The van der Waals surface area contributed by atoms with Gasteiger partial charge in [-0.05, 0) is 42.7 Å². The van der Waals surface area contributed by atoms with Crippen molar-refractivity contribution in [2.24, 2.45) is 0 Å². The zero-order valence-corrected chi connectivity index (χ0v) is 13.8. The van der Waals surface area contributed by atoms with Crippen LogP contribution in [-0.4, -0.2) is 36.0 Å². The number of H-pyrrole nitrogens is 1. The van der Waals surface area contributed by atoms with Gasteiger partial charge in [0.2, 0.25) is 0 Å². The molecule has 3 rings (SSSR count). The summed E-state index contributed by atoms with van der Waals surface area (Å²) in [7, 11) is 1.65. The minimum absolute atomic E-state index is 0.183. The van der Waals surface area contributed by atoms with Gasteiger partial charge >= 0.3 is 0 Å². The Labute approximate surface area is 141 Å². The molecule has 24 heavy (non-hydrogen) atoms. The van der Waals surface area contributed by atoms with Gasteiger partial charge in [0.05, 0.1) is 7.11 Å². The minimum Gasteiger partial charge on any atom is -0.497 e. The van der Waals surface area contributed by atoms with Crippen LogP contribution < -0.4 is 10.3 Å². The first kappa shape index (κ1) is 16.3. The molecule has 0 radical (unpaired) electrons. The minimum atomic E-state index is -0.326. The maximum Gasteiger partial charge on any atom is 0.260 e. The summed E-state index contributed by atoms with van der Waals surface area (Å²) < 4.78 is 5.21. The van der Waals surface area contributed by atoms with Gasteiger partial charge in [-0.25, -0.2) is 0 Å². The Kier molecular flexibility index (Phi) is 4.99. The van der Waals surface area contributed by atoms with Gasteiger partial charge in [-0.15, -0.1) is 0 Å². The third kappa shape index (κ3) is 3.50. The fourth-order valence-electron chi connectivity index (χ4n) is 3.23. The van der Waals surface area contributed by atoms with E-state index >= 15 is 0 Å². The predicted molar refractivity (Wildman–Crippen MR) is 92.6 cm³/mol. The van der Waals surface area contributed by atoms with E-state index < -0.39 is 0 Å². The van der Waals surface area contributed by atoms with Gasteiger partial charge in [0, 0.05) is 25.2 Å². The van der Waals surface area contributed by atoms with Crippen LogP contribution >= 0.6 is 0 Å². The number of hydrogen-bond donors (Lipinski definition) is 1. The molecule has 1 atom stereocenters. The molecule has 0 saturated carbocycles. The van der Waals surface area contributed by atoms with E-state index in [9.17, 15) is 9.59 Å². The smallest absolute Gasteiger partial charge is 0.260 e. The molecule has 126 valence electrons. The Bertz CT molecular complexity index is 752. The zero-order valence-electron chi connectivity index (χ0n) is 13.8. The molecule has 0 spiro atoms. The molecular weight excluding hydrogens is 304 g/mol. The first-order valence-corrected chi connectivity index (χ1v) is 8.30. The SMILES string of the molecule is COc1ccc(C2CCCCN(C(=O)c3ccc[nH]c3=O)C2)cc1. The second-order valence-electron chi connectivity index (χ2n) is 6.13. The number of pyridine rings is 1. The number of methoxy groups -OCH3 is 1. The summed E-state index contributed by atoms with van der Waals surface area (Å²) in [5.74, 6) is 0.929. The number of amides is 1. The predicted octanol–water partition coefficient (Wildman–Crippen LogP) is 2.79. The van der Waals surface area contributed by atoms with Crippen LogP contribution in [0.15, 0.2) is 47.4 Å². The lowest BCUT2D eigenvalue weighted by Crippen LogP contribution is -2.37. The molecule has 1 aliphatic heterocycles. The lowest BCUT2D eigenvalue weighted by atomic mass is 9.94. The van der Waals surface area contributed by atoms with E-state index in [1.807, 2.05) is 17.0 Å². The van der Waals surface area contributed by atoms with Gasteiger partial charge in [0.1, 0.15) is 11.3 Å². The second-order valence-corrected chi connectivity index (χ2v) is 6.13. The molecule has 2 heterocycles. The van der Waals surface area contributed by atoms with Crippen molar-refractivity contribution in [1.29, 1.82) is 0 Å². The molecule has 1 aromatic carbocycles. The number of aromatic amines is 1. The molecule has 1 aliphatic rings. The molecule has 1 amide bonds. The number of likely N-dealkylation sites (tertiary alicyclic amines) is 1. The normalized spacial score (nSPS) is 18.0. The van der Waals surface area contributed by atoms with Gasteiger partial charge in [-0.1, -0.05) is 18.6 Å². The molecule has 1 saturated heterocycles. The van der Waals surface area contributed by atoms with E-state index in [0.29, 0.717) is 13.1 Å². The molecule has 0 aliphatic carbocycles. The van der Waals surface area contributed by atoms with E-state index in [1.165, 1.54) is 5.56 Å².